The summed E-state index contributed by atoms with van der Waals surface area (Å²) < 4.78 is 5.66. The van der Waals surface area contributed by atoms with Gasteiger partial charge in [-0.1, -0.05) is 11.6 Å². The summed E-state index contributed by atoms with van der Waals surface area (Å²) in [4.78, 5) is 10.8. The Morgan fingerprint density at radius 2 is 2.00 bits per heavy atom. The van der Waals surface area contributed by atoms with Crippen molar-refractivity contribution in [3.8, 4) is 5.75 Å². The summed E-state index contributed by atoms with van der Waals surface area (Å²) in [5.41, 5.74) is 0.0763. The number of carbonyl (C=O) groups is 1. The highest BCUT2D eigenvalue weighted by molar-refractivity contribution is 6.70. The average molecular weight is 245 g/mol. The van der Waals surface area contributed by atoms with Crippen molar-refractivity contribution in [1.82, 2.24) is 0 Å². The molecule has 0 heterocycles. The molecule has 0 atom stereocenters. The maximum Gasteiger partial charge on any atom is 0.337 e. The molecule has 0 saturated heterocycles. The van der Waals surface area contributed by atoms with E-state index >= 15 is 0 Å². The van der Waals surface area contributed by atoms with Crippen LogP contribution in [0.2, 0.25) is 24.7 Å². The molecule has 0 saturated carbocycles. The van der Waals surface area contributed by atoms with Crippen molar-refractivity contribution in [3.63, 3.8) is 0 Å². The lowest BCUT2D eigenvalue weighted by atomic mass is 10.2. The molecule has 82 valence electrons. The number of hydrogen-bond donors (Lipinski definition) is 1. The van der Waals surface area contributed by atoms with E-state index in [4.69, 9.17) is 21.1 Å². The Bertz CT molecular complexity index is 385. The van der Waals surface area contributed by atoms with Crippen molar-refractivity contribution in [3.05, 3.63) is 28.8 Å². The molecular weight excluding hydrogens is 232 g/mol. The van der Waals surface area contributed by atoms with E-state index < -0.39 is 14.3 Å². The molecular formula is C10H13ClO3Si. The molecule has 0 aromatic heterocycles. The Hall–Kier alpha value is -1.00. The van der Waals surface area contributed by atoms with Crippen molar-refractivity contribution < 1.29 is 14.3 Å². The number of aromatic carboxylic acids is 1. The fraction of sp³-hybridized carbons (Fsp3) is 0.300. The van der Waals surface area contributed by atoms with E-state index in [1.54, 1.807) is 12.1 Å². The molecule has 1 aromatic carbocycles. The number of halogens is 1. The first-order valence-electron chi connectivity index (χ1n) is 4.51. The minimum atomic E-state index is -1.71. The van der Waals surface area contributed by atoms with Crippen LogP contribution in [-0.2, 0) is 0 Å². The highest BCUT2D eigenvalue weighted by Crippen LogP contribution is 2.24. The topological polar surface area (TPSA) is 46.5 Å². The summed E-state index contributed by atoms with van der Waals surface area (Å²) in [6.45, 7) is 6.09. The number of hydrogen-bond acceptors (Lipinski definition) is 2. The van der Waals surface area contributed by atoms with E-state index in [-0.39, 0.29) is 10.6 Å². The zero-order chi connectivity index (χ0) is 11.6. The van der Waals surface area contributed by atoms with Gasteiger partial charge >= 0.3 is 5.97 Å². The molecule has 1 rings (SSSR count). The van der Waals surface area contributed by atoms with Gasteiger partial charge in [0.15, 0.2) is 0 Å². The van der Waals surface area contributed by atoms with Crippen molar-refractivity contribution >= 4 is 25.9 Å². The van der Waals surface area contributed by atoms with E-state index in [2.05, 4.69) is 0 Å². The summed E-state index contributed by atoms with van der Waals surface area (Å²) in [6.07, 6.45) is 0. The zero-order valence-electron chi connectivity index (χ0n) is 8.87. The van der Waals surface area contributed by atoms with E-state index in [0.717, 1.165) is 0 Å². The predicted octanol–water partition coefficient (Wildman–Crippen LogP) is 3.25. The number of rotatable bonds is 3. The van der Waals surface area contributed by atoms with Crippen molar-refractivity contribution in [2.75, 3.05) is 0 Å². The molecule has 15 heavy (non-hydrogen) atoms. The van der Waals surface area contributed by atoms with Gasteiger partial charge in [0.05, 0.1) is 10.6 Å². The quantitative estimate of drug-likeness (QED) is 0.831. The number of carboxylic acid groups (broad SMARTS) is 1. The van der Waals surface area contributed by atoms with Gasteiger partial charge in [-0.05, 0) is 37.8 Å². The first kappa shape index (κ1) is 12.1. The first-order valence-corrected chi connectivity index (χ1v) is 8.30. The smallest absolute Gasteiger partial charge is 0.337 e. The SMILES string of the molecule is C[Si](C)(C)Oc1ccc(Cl)c(C(=O)O)c1. The van der Waals surface area contributed by atoms with Gasteiger partial charge in [-0.15, -0.1) is 0 Å². The lowest BCUT2D eigenvalue weighted by Crippen LogP contribution is -2.29. The van der Waals surface area contributed by atoms with Crippen LogP contribution in [0.1, 0.15) is 10.4 Å². The molecule has 0 radical (unpaired) electrons. The van der Waals surface area contributed by atoms with Crippen LogP contribution in [0.4, 0.5) is 0 Å². The zero-order valence-corrected chi connectivity index (χ0v) is 10.6. The largest absolute Gasteiger partial charge is 0.544 e. The second-order valence-electron chi connectivity index (χ2n) is 4.16. The van der Waals surface area contributed by atoms with E-state index in [9.17, 15) is 4.79 Å². The van der Waals surface area contributed by atoms with E-state index in [0.29, 0.717) is 5.75 Å². The number of benzene rings is 1. The normalized spacial score (nSPS) is 11.2. The Morgan fingerprint density at radius 3 is 2.47 bits per heavy atom. The van der Waals surface area contributed by atoms with E-state index in [1.165, 1.54) is 6.07 Å². The third kappa shape index (κ3) is 3.57. The second-order valence-corrected chi connectivity index (χ2v) is 9.00. The molecule has 0 bridgehead atoms. The standard InChI is InChI=1S/C10H13ClO3Si/c1-15(2,3)14-7-4-5-9(11)8(6-7)10(12)13/h4-6H,1-3H3,(H,12,13). The van der Waals surface area contributed by atoms with Gasteiger partial charge in [0.25, 0.3) is 0 Å². The highest BCUT2D eigenvalue weighted by Gasteiger charge is 2.18. The minimum Gasteiger partial charge on any atom is -0.544 e. The summed E-state index contributed by atoms with van der Waals surface area (Å²) >= 11 is 5.74. The molecule has 0 aliphatic heterocycles. The van der Waals surface area contributed by atoms with Crippen molar-refractivity contribution in [1.29, 1.82) is 0 Å². The molecule has 5 heteroatoms. The molecule has 3 nitrogen and oxygen atoms in total. The number of carboxylic acids is 1. The Balaban J connectivity index is 3.03. The Morgan fingerprint density at radius 1 is 1.40 bits per heavy atom. The van der Waals surface area contributed by atoms with Crippen LogP contribution in [0.15, 0.2) is 18.2 Å². The van der Waals surface area contributed by atoms with Crippen molar-refractivity contribution in [2.45, 2.75) is 19.6 Å². The fourth-order valence-electron chi connectivity index (χ4n) is 1.09. The van der Waals surface area contributed by atoms with Crippen LogP contribution >= 0.6 is 11.6 Å². The van der Waals surface area contributed by atoms with Crippen LogP contribution in [-0.4, -0.2) is 19.4 Å². The van der Waals surface area contributed by atoms with Gasteiger partial charge in [-0.3, -0.25) is 0 Å². The summed E-state index contributed by atoms with van der Waals surface area (Å²) in [5, 5.41) is 9.09. The first-order chi connectivity index (χ1) is 6.79. The third-order valence-corrected chi connectivity index (χ3v) is 2.77. The monoisotopic (exact) mass is 244 g/mol. The lowest BCUT2D eigenvalue weighted by molar-refractivity contribution is 0.0696. The molecule has 0 unspecified atom stereocenters. The molecule has 0 amide bonds. The van der Waals surface area contributed by atoms with Gasteiger partial charge in [0, 0.05) is 0 Å². The van der Waals surface area contributed by atoms with Crippen LogP contribution in [0.3, 0.4) is 0 Å². The second kappa shape index (κ2) is 4.24. The predicted molar refractivity (Wildman–Crippen MR) is 62.4 cm³/mol. The summed E-state index contributed by atoms with van der Waals surface area (Å²) in [6, 6.07) is 4.69. The minimum absolute atomic E-state index is 0.0763. The lowest BCUT2D eigenvalue weighted by Gasteiger charge is -2.19. The average Bonchev–Trinajstić information content (AvgIpc) is 2.05. The van der Waals surface area contributed by atoms with Gasteiger partial charge in [0.1, 0.15) is 5.75 Å². The molecule has 0 aliphatic rings. The molecule has 0 spiro atoms. The molecule has 0 aliphatic carbocycles. The van der Waals surface area contributed by atoms with Crippen LogP contribution in [0, 0.1) is 0 Å². The molecule has 1 aromatic rings. The van der Waals surface area contributed by atoms with Gasteiger partial charge in [-0.2, -0.15) is 0 Å². The summed E-state index contributed by atoms with van der Waals surface area (Å²) in [7, 11) is -1.71. The van der Waals surface area contributed by atoms with Gasteiger partial charge in [0.2, 0.25) is 8.32 Å². The molecule has 1 N–H and O–H groups in total. The third-order valence-electron chi connectivity index (χ3n) is 1.59. The van der Waals surface area contributed by atoms with Crippen LogP contribution in [0.5, 0.6) is 5.75 Å². The maximum absolute atomic E-state index is 10.8. The van der Waals surface area contributed by atoms with Crippen LogP contribution < -0.4 is 4.43 Å². The summed E-state index contributed by atoms with van der Waals surface area (Å²) in [5.74, 6) is -0.475. The van der Waals surface area contributed by atoms with Gasteiger partial charge in [-0.25, -0.2) is 4.79 Å². The Kier molecular flexibility index (Phi) is 3.41. The highest BCUT2D eigenvalue weighted by atomic mass is 35.5. The van der Waals surface area contributed by atoms with Gasteiger partial charge < -0.3 is 9.53 Å². The van der Waals surface area contributed by atoms with Crippen molar-refractivity contribution in [2.24, 2.45) is 0 Å². The van der Waals surface area contributed by atoms with E-state index in [1.807, 2.05) is 19.6 Å². The van der Waals surface area contributed by atoms with Crippen LogP contribution in [0.25, 0.3) is 0 Å². The Labute approximate surface area is 94.8 Å². The maximum atomic E-state index is 10.8. The fourth-order valence-corrected chi connectivity index (χ4v) is 2.12. The molecule has 0 fully saturated rings.